The van der Waals surface area contributed by atoms with E-state index in [0.717, 1.165) is 0 Å². The summed E-state index contributed by atoms with van der Waals surface area (Å²) in [4.78, 5) is 23.6. The zero-order valence-corrected chi connectivity index (χ0v) is 15.1. The van der Waals surface area contributed by atoms with Gasteiger partial charge in [0.2, 0.25) is 0 Å². The maximum Gasteiger partial charge on any atom is 0.404 e. The Morgan fingerprint density at radius 2 is 2.00 bits per heavy atom. The van der Waals surface area contributed by atoms with E-state index in [1.807, 2.05) is 6.07 Å². The van der Waals surface area contributed by atoms with Gasteiger partial charge in [0.05, 0.1) is 18.5 Å². The third kappa shape index (κ3) is 3.68. The molecular weight excluding hydrogens is 377 g/mol. The number of nitrogens with two attached hydrogens (primary N) is 1. The van der Waals surface area contributed by atoms with Gasteiger partial charge in [-0.15, -0.1) is 0 Å². The summed E-state index contributed by atoms with van der Waals surface area (Å²) in [7, 11) is 0. The molecule has 0 aliphatic heterocycles. The number of halogens is 1. The second kappa shape index (κ2) is 7.50. The van der Waals surface area contributed by atoms with Crippen molar-refractivity contribution in [1.29, 1.82) is 0 Å². The van der Waals surface area contributed by atoms with Gasteiger partial charge in [-0.25, -0.2) is 28.8 Å². The summed E-state index contributed by atoms with van der Waals surface area (Å²) in [5, 5.41) is 16.2. The van der Waals surface area contributed by atoms with Crippen LogP contribution in [0.25, 0.3) is 22.6 Å². The summed E-state index contributed by atoms with van der Waals surface area (Å²) in [5.41, 5.74) is 7.89. The number of nitrogens with zero attached hydrogens (tertiary/aromatic N) is 5. The fraction of sp³-hybridized carbons (Fsp3) is 0.105. The highest BCUT2D eigenvalue weighted by Crippen LogP contribution is 2.26. The van der Waals surface area contributed by atoms with Crippen molar-refractivity contribution in [2.45, 2.75) is 13.1 Å². The molecule has 0 unspecified atom stereocenters. The number of amides is 1. The van der Waals surface area contributed by atoms with Crippen molar-refractivity contribution in [2.75, 3.05) is 5.73 Å². The molecule has 0 spiro atoms. The predicted octanol–water partition coefficient (Wildman–Crippen LogP) is 2.43. The van der Waals surface area contributed by atoms with Crippen molar-refractivity contribution in [2.24, 2.45) is 0 Å². The molecule has 0 aliphatic rings. The number of rotatable bonds is 5. The summed E-state index contributed by atoms with van der Waals surface area (Å²) in [5.74, 6) is 0.0840. The summed E-state index contributed by atoms with van der Waals surface area (Å²) >= 11 is 0. The summed E-state index contributed by atoms with van der Waals surface area (Å²) in [6.07, 6.45) is 1.91. The van der Waals surface area contributed by atoms with E-state index in [2.05, 4.69) is 25.4 Å². The van der Waals surface area contributed by atoms with Gasteiger partial charge in [-0.05, 0) is 18.2 Å². The van der Waals surface area contributed by atoms with Crippen LogP contribution in [0.2, 0.25) is 0 Å². The molecule has 0 saturated carbocycles. The number of anilines is 1. The minimum absolute atomic E-state index is 0.00846. The highest BCUT2D eigenvalue weighted by Gasteiger charge is 2.17. The maximum atomic E-state index is 14.1. The Labute approximate surface area is 164 Å². The SMILES string of the molecule is Nc1nc(-c2nn(Cc3ccccc3F)c3ncccc23)ncc1CNC(=O)O. The number of nitrogen functional groups attached to an aromatic ring is 1. The van der Waals surface area contributed by atoms with E-state index < -0.39 is 6.09 Å². The fourth-order valence-electron chi connectivity index (χ4n) is 2.91. The molecule has 29 heavy (non-hydrogen) atoms. The normalized spacial score (nSPS) is 10.9. The molecule has 146 valence electrons. The Kier molecular flexibility index (Phi) is 4.73. The Balaban J connectivity index is 1.74. The molecule has 4 rings (SSSR count). The number of nitrogens with one attached hydrogen (secondary N) is 1. The van der Waals surface area contributed by atoms with E-state index in [1.54, 1.807) is 35.1 Å². The molecule has 0 radical (unpaired) electrons. The van der Waals surface area contributed by atoms with E-state index in [4.69, 9.17) is 10.8 Å². The van der Waals surface area contributed by atoms with Crippen LogP contribution >= 0.6 is 0 Å². The van der Waals surface area contributed by atoms with Crippen LogP contribution in [0, 0.1) is 5.82 Å². The highest BCUT2D eigenvalue weighted by atomic mass is 19.1. The fourth-order valence-corrected chi connectivity index (χ4v) is 2.91. The summed E-state index contributed by atoms with van der Waals surface area (Å²) in [6.45, 7) is 0.182. The van der Waals surface area contributed by atoms with Gasteiger partial charge in [0, 0.05) is 23.5 Å². The standard InChI is InChI=1S/C19H16FN7O2/c20-14-6-2-1-4-11(14)10-27-18-13(5-3-7-22-18)15(26-27)17-23-8-12(16(21)25-17)9-24-19(28)29/h1-8,24H,9-10H2,(H,28,29)(H2,21,23,25). The van der Waals surface area contributed by atoms with Crippen molar-refractivity contribution in [3.8, 4) is 11.5 Å². The number of carbonyl (C=O) groups is 1. The Bertz CT molecular complexity index is 1210. The number of benzene rings is 1. The monoisotopic (exact) mass is 393 g/mol. The molecule has 0 atom stereocenters. The molecule has 0 fully saturated rings. The molecule has 0 aliphatic carbocycles. The molecule has 3 aromatic heterocycles. The lowest BCUT2D eigenvalue weighted by Gasteiger charge is -2.06. The van der Waals surface area contributed by atoms with Gasteiger partial charge < -0.3 is 16.2 Å². The van der Waals surface area contributed by atoms with Gasteiger partial charge in [-0.1, -0.05) is 18.2 Å². The van der Waals surface area contributed by atoms with E-state index in [-0.39, 0.29) is 30.5 Å². The smallest absolute Gasteiger partial charge is 0.404 e. The second-order valence-electron chi connectivity index (χ2n) is 6.24. The third-order valence-electron chi connectivity index (χ3n) is 4.32. The lowest BCUT2D eigenvalue weighted by atomic mass is 10.2. The molecule has 0 saturated heterocycles. The van der Waals surface area contributed by atoms with Crippen molar-refractivity contribution >= 4 is 22.9 Å². The van der Waals surface area contributed by atoms with Crippen molar-refractivity contribution < 1.29 is 14.3 Å². The van der Waals surface area contributed by atoms with Crippen LogP contribution in [0.15, 0.2) is 48.8 Å². The largest absolute Gasteiger partial charge is 0.465 e. The molecule has 1 amide bonds. The number of hydrogen-bond acceptors (Lipinski definition) is 6. The third-order valence-corrected chi connectivity index (χ3v) is 4.32. The Morgan fingerprint density at radius 1 is 1.17 bits per heavy atom. The molecule has 4 aromatic rings. The average molecular weight is 393 g/mol. The number of pyridine rings is 1. The predicted molar refractivity (Wildman–Crippen MR) is 103 cm³/mol. The molecule has 10 heteroatoms. The minimum atomic E-state index is -1.17. The lowest BCUT2D eigenvalue weighted by molar-refractivity contribution is 0.194. The van der Waals surface area contributed by atoms with Crippen LogP contribution in [0.3, 0.4) is 0 Å². The van der Waals surface area contributed by atoms with Crippen LogP contribution in [-0.2, 0) is 13.1 Å². The van der Waals surface area contributed by atoms with E-state index in [0.29, 0.717) is 27.9 Å². The van der Waals surface area contributed by atoms with Crippen LogP contribution in [0.5, 0.6) is 0 Å². The van der Waals surface area contributed by atoms with Gasteiger partial charge in [-0.3, -0.25) is 0 Å². The highest BCUT2D eigenvalue weighted by molar-refractivity contribution is 5.89. The first kappa shape index (κ1) is 18.3. The topological polar surface area (TPSA) is 132 Å². The lowest BCUT2D eigenvalue weighted by Crippen LogP contribution is -2.21. The van der Waals surface area contributed by atoms with Crippen LogP contribution < -0.4 is 11.1 Å². The maximum absolute atomic E-state index is 14.1. The molecular formula is C19H16FN7O2. The molecule has 0 bridgehead atoms. The molecule has 9 nitrogen and oxygen atoms in total. The van der Waals surface area contributed by atoms with E-state index in [9.17, 15) is 9.18 Å². The van der Waals surface area contributed by atoms with Crippen molar-refractivity contribution in [3.05, 3.63) is 65.7 Å². The van der Waals surface area contributed by atoms with Gasteiger partial charge in [0.1, 0.15) is 17.3 Å². The first-order valence-corrected chi connectivity index (χ1v) is 8.66. The Morgan fingerprint density at radius 3 is 2.76 bits per heavy atom. The summed E-state index contributed by atoms with van der Waals surface area (Å²) < 4.78 is 15.7. The van der Waals surface area contributed by atoms with E-state index in [1.165, 1.54) is 12.3 Å². The first-order valence-electron chi connectivity index (χ1n) is 8.66. The van der Waals surface area contributed by atoms with Crippen LogP contribution in [0.1, 0.15) is 11.1 Å². The zero-order chi connectivity index (χ0) is 20.4. The van der Waals surface area contributed by atoms with Crippen LogP contribution in [-0.4, -0.2) is 35.9 Å². The quantitative estimate of drug-likeness (QED) is 0.474. The zero-order valence-electron chi connectivity index (χ0n) is 15.1. The number of hydrogen-bond donors (Lipinski definition) is 3. The van der Waals surface area contributed by atoms with Gasteiger partial charge >= 0.3 is 6.09 Å². The molecule has 1 aromatic carbocycles. The molecule has 3 heterocycles. The van der Waals surface area contributed by atoms with Crippen LogP contribution in [0.4, 0.5) is 15.0 Å². The number of carboxylic acid groups (broad SMARTS) is 1. The van der Waals surface area contributed by atoms with Gasteiger partial charge in [0.15, 0.2) is 11.5 Å². The Hall–Kier alpha value is -4.08. The summed E-state index contributed by atoms with van der Waals surface area (Å²) in [6, 6.07) is 10.0. The van der Waals surface area contributed by atoms with E-state index >= 15 is 0 Å². The van der Waals surface area contributed by atoms with Crippen molar-refractivity contribution in [3.63, 3.8) is 0 Å². The van der Waals surface area contributed by atoms with Gasteiger partial charge in [0.25, 0.3) is 0 Å². The molecule has 4 N–H and O–H groups in total. The first-order chi connectivity index (χ1) is 14.0. The van der Waals surface area contributed by atoms with Gasteiger partial charge in [-0.2, -0.15) is 5.10 Å². The second-order valence-corrected chi connectivity index (χ2v) is 6.24. The average Bonchev–Trinajstić information content (AvgIpc) is 3.07. The van der Waals surface area contributed by atoms with Crippen molar-refractivity contribution in [1.82, 2.24) is 30.0 Å². The number of aromatic nitrogens is 5. The number of fused-ring (bicyclic) bond motifs is 1. The minimum Gasteiger partial charge on any atom is -0.465 e.